The standard InChI is InChI=1S/C24H32N4O.2C2H6.Y/c1-16-13-21-9-7-8-10-23(21)28(19(4)18(16)3)24(29)15-27(6)12-11-22-14-17(2)25-20(5)26-22;2*1-2;/h7-11,14,16,18-19H,6,12-13,15H2,1-5H3;2*1-2H3;/q-2;;;. The Balaban J connectivity index is 0.00000207. The maximum Gasteiger partial charge on any atom is 0.238 e. The monoisotopic (exact) mass is 541 g/mol. The molecule has 5 nitrogen and oxygen atoms in total. The average Bonchev–Trinajstić information content (AvgIpc) is 2.89. The smallest absolute Gasteiger partial charge is 0.238 e. The summed E-state index contributed by atoms with van der Waals surface area (Å²) in [6, 6.07) is 10.4. The maximum atomic E-state index is 13.3. The first-order valence-electron chi connectivity index (χ1n) is 12.4. The molecule has 0 bridgehead atoms. The fourth-order valence-electron chi connectivity index (χ4n) is 4.15. The molecule has 0 saturated carbocycles. The molecule has 0 aliphatic carbocycles. The predicted octanol–water partition coefficient (Wildman–Crippen LogP) is 6.04. The van der Waals surface area contributed by atoms with Gasteiger partial charge in [-0.3, -0.25) is 21.8 Å². The fraction of sp³-hybridized carbons (Fsp3) is 0.536. The minimum Gasteiger partial charge on any atom is -0.462 e. The Bertz CT molecular complexity index is 853. The summed E-state index contributed by atoms with van der Waals surface area (Å²) in [6.45, 7) is 19.3. The van der Waals surface area contributed by atoms with E-state index >= 15 is 0 Å². The molecule has 6 heteroatoms. The Labute approximate surface area is 234 Å². The summed E-state index contributed by atoms with van der Waals surface area (Å²) in [5, 5.41) is 0. The summed E-state index contributed by atoms with van der Waals surface area (Å²) < 4.78 is 0. The van der Waals surface area contributed by atoms with Gasteiger partial charge in [0.05, 0.1) is 6.54 Å². The van der Waals surface area contributed by atoms with Crippen LogP contribution in [0.25, 0.3) is 0 Å². The Morgan fingerprint density at radius 2 is 1.74 bits per heavy atom. The topological polar surface area (TPSA) is 49.3 Å². The molecule has 1 aliphatic heterocycles. The second-order valence-corrected chi connectivity index (χ2v) is 8.37. The molecule has 0 saturated heterocycles. The number of para-hydroxylation sites is 1. The van der Waals surface area contributed by atoms with E-state index in [2.05, 4.69) is 56.0 Å². The maximum absolute atomic E-state index is 13.3. The first-order valence-corrected chi connectivity index (χ1v) is 12.4. The number of aryl methyl sites for hydroxylation is 2. The molecule has 1 aromatic carbocycles. The molecule has 187 valence electrons. The summed E-state index contributed by atoms with van der Waals surface area (Å²) in [5.41, 5.74) is 4.10. The number of nitrogens with zero attached hydrogens (tertiary/aromatic N) is 4. The van der Waals surface area contributed by atoms with Gasteiger partial charge in [-0.25, -0.2) is 0 Å². The number of fused-ring (bicyclic) bond motifs is 1. The summed E-state index contributed by atoms with van der Waals surface area (Å²) in [5.74, 6) is 1.78. The van der Waals surface area contributed by atoms with Crippen LogP contribution in [0, 0.1) is 39.2 Å². The fourth-order valence-corrected chi connectivity index (χ4v) is 4.15. The number of anilines is 1. The van der Waals surface area contributed by atoms with E-state index in [4.69, 9.17) is 0 Å². The third kappa shape index (κ3) is 9.05. The Morgan fingerprint density at radius 1 is 1.12 bits per heavy atom. The van der Waals surface area contributed by atoms with Crippen LogP contribution < -0.4 is 4.90 Å². The SMILES string of the molecule is CC.CC.[CH2-]N(C[CH-]c1cc(C)nc(C)n1)CC(=O)N1c2ccccc2CC(C)C(C)C1C.[Y]. The van der Waals surface area contributed by atoms with Crippen molar-refractivity contribution >= 4 is 11.6 Å². The van der Waals surface area contributed by atoms with Crippen LogP contribution in [0.15, 0.2) is 30.3 Å². The number of aromatic nitrogens is 2. The molecular formula is C28H44N4OY-2. The largest absolute Gasteiger partial charge is 0.462 e. The van der Waals surface area contributed by atoms with Gasteiger partial charge in [-0.1, -0.05) is 72.0 Å². The van der Waals surface area contributed by atoms with Crippen LogP contribution in [0.1, 0.15) is 71.2 Å². The molecule has 0 fully saturated rings. The zero-order chi connectivity index (χ0) is 25.1. The third-order valence-corrected chi connectivity index (χ3v) is 6.03. The van der Waals surface area contributed by atoms with Crippen molar-refractivity contribution in [3.8, 4) is 0 Å². The van der Waals surface area contributed by atoms with Gasteiger partial charge in [-0.15, -0.1) is 0 Å². The zero-order valence-electron chi connectivity index (χ0n) is 22.8. The molecule has 3 rings (SSSR count). The van der Waals surface area contributed by atoms with Crippen molar-refractivity contribution in [3.63, 3.8) is 0 Å². The molecule has 0 spiro atoms. The van der Waals surface area contributed by atoms with E-state index in [-0.39, 0.29) is 51.2 Å². The molecule has 3 unspecified atom stereocenters. The third-order valence-electron chi connectivity index (χ3n) is 6.03. The molecule has 34 heavy (non-hydrogen) atoms. The quantitative estimate of drug-likeness (QED) is 0.433. The van der Waals surface area contributed by atoms with E-state index in [0.717, 1.165) is 29.3 Å². The van der Waals surface area contributed by atoms with Crippen molar-refractivity contribution in [2.45, 2.75) is 74.8 Å². The van der Waals surface area contributed by atoms with Crippen molar-refractivity contribution < 1.29 is 37.5 Å². The Kier molecular flexibility index (Phi) is 15.8. The molecule has 2 heterocycles. The number of hydrogen-bond donors (Lipinski definition) is 0. The first kappa shape index (κ1) is 32.7. The van der Waals surface area contributed by atoms with Crippen LogP contribution in [0.4, 0.5) is 5.69 Å². The van der Waals surface area contributed by atoms with Crippen LogP contribution in [0.2, 0.25) is 0 Å². The second-order valence-electron chi connectivity index (χ2n) is 8.37. The van der Waals surface area contributed by atoms with Crippen LogP contribution in [-0.2, 0) is 43.9 Å². The Morgan fingerprint density at radius 3 is 2.35 bits per heavy atom. The van der Waals surface area contributed by atoms with Gasteiger partial charge in [-0.05, 0) is 56.4 Å². The van der Waals surface area contributed by atoms with Gasteiger partial charge >= 0.3 is 0 Å². The van der Waals surface area contributed by atoms with Crippen molar-refractivity contribution in [2.75, 3.05) is 18.0 Å². The molecule has 3 atom stereocenters. The van der Waals surface area contributed by atoms with Gasteiger partial charge in [0.15, 0.2) is 0 Å². The van der Waals surface area contributed by atoms with Gasteiger partial charge in [0.2, 0.25) is 5.91 Å². The van der Waals surface area contributed by atoms with Gasteiger partial charge in [-0.2, -0.15) is 12.5 Å². The van der Waals surface area contributed by atoms with Gasteiger partial charge in [0, 0.05) is 44.4 Å². The van der Waals surface area contributed by atoms with Crippen LogP contribution >= 0.6 is 0 Å². The van der Waals surface area contributed by atoms with Crippen molar-refractivity contribution in [3.05, 3.63) is 66.6 Å². The molecule has 1 aromatic heterocycles. The molecule has 0 N–H and O–H groups in total. The van der Waals surface area contributed by atoms with Crippen molar-refractivity contribution in [1.29, 1.82) is 0 Å². The van der Waals surface area contributed by atoms with Crippen LogP contribution in [0.5, 0.6) is 0 Å². The van der Waals surface area contributed by atoms with Gasteiger partial charge < -0.3 is 9.80 Å². The second kappa shape index (κ2) is 16.4. The zero-order valence-corrected chi connectivity index (χ0v) is 25.6. The van der Waals surface area contributed by atoms with E-state index in [1.165, 1.54) is 5.56 Å². The number of carbonyl (C=O) groups is 1. The van der Waals surface area contributed by atoms with E-state index in [1.807, 2.05) is 65.0 Å². The van der Waals surface area contributed by atoms with Gasteiger partial charge in [0.1, 0.15) is 5.82 Å². The molecule has 1 radical (unpaired) electrons. The minimum atomic E-state index is 0. The molecule has 1 aliphatic rings. The number of amides is 1. The Hall–Kier alpha value is -1.30. The molecule has 2 aromatic rings. The molecule has 1 amide bonds. The summed E-state index contributed by atoms with van der Waals surface area (Å²) >= 11 is 0. The first-order chi connectivity index (χ1) is 15.8. The van der Waals surface area contributed by atoms with E-state index in [9.17, 15) is 4.79 Å². The van der Waals surface area contributed by atoms with E-state index in [1.54, 1.807) is 4.90 Å². The normalized spacial score (nSPS) is 18.8. The summed E-state index contributed by atoms with van der Waals surface area (Å²) in [7, 11) is 4.08. The number of benzene rings is 1. The van der Waals surface area contributed by atoms with Crippen molar-refractivity contribution in [1.82, 2.24) is 14.9 Å². The molecular weight excluding hydrogens is 497 g/mol. The van der Waals surface area contributed by atoms with Gasteiger partial charge in [0.25, 0.3) is 0 Å². The minimum absolute atomic E-state index is 0. The number of carbonyl (C=O) groups excluding carboxylic acids is 1. The van der Waals surface area contributed by atoms with Crippen LogP contribution in [-0.4, -0.2) is 39.9 Å². The number of rotatable bonds is 5. The average molecular weight is 542 g/mol. The number of hydrogen-bond acceptors (Lipinski definition) is 4. The van der Waals surface area contributed by atoms with Crippen LogP contribution in [0.3, 0.4) is 0 Å². The predicted molar refractivity (Wildman–Crippen MR) is 140 cm³/mol. The van der Waals surface area contributed by atoms with E-state index < -0.39 is 0 Å². The van der Waals surface area contributed by atoms with Crippen molar-refractivity contribution in [2.24, 2.45) is 11.8 Å². The summed E-state index contributed by atoms with van der Waals surface area (Å²) in [4.78, 5) is 25.8. The van der Waals surface area contributed by atoms with E-state index in [0.29, 0.717) is 18.4 Å². The summed E-state index contributed by atoms with van der Waals surface area (Å²) in [6.07, 6.45) is 2.99.